The summed E-state index contributed by atoms with van der Waals surface area (Å²) in [6.45, 7) is 1.04. The molecule has 6 heteroatoms. The smallest absolute Gasteiger partial charge is 0.172 e. The van der Waals surface area contributed by atoms with E-state index in [1.165, 1.54) is 0 Å². The Balaban J connectivity index is 1.96. The minimum absolute atomic E-state index is 0.0607. The lowest BCUT2D eigenvalue weighted by Gasteiger charge is -2.08. The molecule has 0 fully saturated rings. The summed E-state index contributed by atoms with van der Waals surface area (Å²) < 4.78 is 12.4. The highest BCUT2D eigenvalue weighted by Gasteiger charge is 2.05. The molecule has 0 saturated carbocycles. The first-order valence-electron chi connectivity index (χ1n) is 6.34. The number of aromatic nitrogens is 2. The minimum atomic E-state index is 0.0607. The molecule has 20 heavy (non-hydrogen) atoms. The summed E-state index contributed by atoms with van der Waals surface area (Å²) in [6.07, 6.45) is 3.71. The summed E-state index contributed by atoms with van der Waals surface area (Å²) in [5.74, 6) is 1.63. The minimum Gasteiger partial charge on any atom is -0.497 e. The topological polar surface area (TPSA) is 56.5 Å². The van der Waals surface area contributed by atoms with Crippen LogP contribution in [0.3, 0.4) is 0 Å². The first-order valence-corrected chi connectivity index (χ1v) is 7.33. The zero-order chi connectivity index (χ0) is 14.2. The molecular weight excluding hydrogens is 276 g/mol. The number of ether oxygens (including phenoxy) is 2. The molecule has 5 nitrogen and oxygen atoms in total. The van der Waals surface area contributed by atoms with Crippen LogP contribution in [0.4, 0.5) is 0 Å². The van der Waals surface area contributed by atoms with Gasteiger partial charge in [-0.2, -0.15) is 0 Å². The number of nitrogens with zero attached hydrogens (tertiary/aromatic N) is 2. The molecule has 1 N–H and O–H groups in total. The lowest BCUT2D eigenvalue weighted by molar-refractivity contribution is 0.103. The summed E-state index contributed by atoms with van der Waals surface area (Å²) in [5, 5.41) is 9.55. The van der Waals surface area contributed by atoms with E-state index in [0.29, 0.717) is 13.2 Å². The van der Waals surface area contributed by atoms with Gasteiger partial charge >= 0.3 is 0 Å². The van der Waals surface area contributed by atoms with Crippen LogP contribution in [0, 0.1) is 0 Å². The number of imidazole rings is 1. The van der Waals surface area contributed by atoms with Crippen molar-refractivity contribution in [2.45, 2.75) is 5.16 Å². The molecule has 0 amide bonds. The van der Waals surface area contributed by atoms with Gasteiger partial charge in [0.1, 0.15) is 5.75 Å². The van der Waals surface area contributed by atoms with Gasteiger partial charge in [-0.3, -0.25) is 4.57 Å². The van der Waals surface area contributed by atoms with Crippen LogP contribution in [0.25, 0.3) is 5.69 Å². The summed E-state index contributed by atoms with van der Waals surface area (Å²) in [6, 6.07) is 7.84. The summed E-state index contributed by atoms with van der Waals surface area (Å²) in [7, 11) is 1.65. The van der Waals surface area contributed by atoms with Crippen molar-refractivity contribution >= 4 is 11.8 Å². The molecule has 0 spiro atoms. The lowest BCUT2D eigenvalue weighted by Crippen LogP contribution is -2.03. The monoisotopic (exact) mass is 294 g/mol. The van der Waals surface area contributed by atoms with Crippen LogP contribution in [0.15, 0.2) is 41.8 Å². The summed E-state index contributed by atoms with van der Waals surface area (Å²) in [5.41, 5.74) is 1.04. The van der Waals surface area contributed by atoms with E-state index in [0.717, 1.165) is 22.3 Å². The molecule has 2 rings (SSSR count). The lowest BCUT2D eigenvalue weighted by atomic mass is 10.3. The zero-order valence-electron chi connectivity index (χ0n) is 11.4. The standard InChI is InChI=1S/C14H18N2O3S/c1-18-13-4-2-12(3-5-13)16-7-6-15-14(16)20-11-10-19-9-8-17/h2-7,17H,8-11H2,1H3. The number of benzene rings is 1. The second-order valence-corrected chi connectivity index (χ2v) is 5.02. The molecule has 1 aromatic carbocycles. The van der Waals surface area contributed by atoms with E-state index < -0.39 is 0 Å². The van der Waals surface area contributed by atoms with E-state index in [9.17, 15) is 0 Å². The number of rotatable bonds is 8. The predicted octanol–water partition coefficient (Wildman–Crippen LogP) is 1.98. The van der Waals surface area contributed by atoms with Gasteiger partial charge in [0.05, 0.1) is 26.9 Å². The van der Waals surface area contributed by atoms with E-state index in [-0.39, 0.29) is 6.61 Å². The van der Waals surface area contributed by atoms with Crippen LogP contribution in [-0.4, -0.2) is 47.3 Å². The van der Waals surface area contributed by atoms with Crippen molar-refractivity contribution in [2.75, 3.05) is 32.7 Å². The molecule has 0 unspecified atom stereocenters. The second-order valence-electron chi connectivity index (χ2n) is 3.96. The molecule has 0 bridgehead atoms. The Morgan fingerprint density at radius 3 is 2.75 bits per heavy atom. The van der Waals surface area contributed by atoms with Gasteiger partial charge in [0.15, 0.2) is 5.16 Å². The van der Waals surface area contributed by atoms with E-state index >= 15 is 0 Å². The van der Waals surface area contributed by atoms with Crippen molar-refractivity contribution in [2.24, 2.45) is 0 Å². The third-order valence-electron chi connectivity index (χ3n) is 2.65. The molecule has 1 heterocycles. The molecular formula is C14H18N2O3S. The van der Waals surface area contributed by atoms with Crippen LogP contribution in [0.5, 0.6) is 5.75 Å². The Bertz CT molecular complexity index is 513. The van der Waals surface area contributed by atoms with Gasteiger partial charge in [-0.25, -0.2) is 4.98 Å². The average molecular weight is 294 g/mol. The molecule has 0 aliphatic carbocycles. The molecule has 2 aromatic rings. The quantitative estimate of drug-likeness (QED) is 0.596. The van der Waals surface area contributed by atoms with Crippen LogP contribution < -0.4 is 4.74 Å². The maximum absolute atomic E-state index is 8.63. The molecule has 108 valence electrons. The van der Waals surface area contributed by atoms with Crippen molar-refractivity contribution in [3.63, 3.8) is 0 Å². The number of aliphatic hydroxyl groups excluding tert-OH is 1. The van der Waals surface area contributed by atoms with E-state index in [1.807, 2.05) is 35.0 Å². The zero-order valence-corrected chi connectivity index (χ0v) is 12.2. The average Bonchev–Trinajstić information content (AvgIpc) is 2.95. The predicted molar refractivity (Wildman–Crippen MR) is 78.7 cm³/mol. The van der Waals surface area contributed by atoms with Crippen molar-refractivity contribution < 1.29 is 14.6 Å². The SMILES string of the molecule is COc1ccc(-n2ccnc2SCCOCCO)cc1. The molecule has 1 aromatic heterocycles. The Kier molecular flexibility index (Phi) is 5.91. The fourth-order valence-corrected chi connectivity index (χ4v) is 2.52. The van der Waals surface area contributed by atoms with Gasteiger partial charge in [-0.1, -0.05) is 11.8 Å². The van der Waals surface area contributed by atoms with Crippen molar-refractivity contribution in [1.82, 2.24) is 9.55 Å². The van der Waals surface area contributed by atoms with Crippen molar-refractivity contribution in [3.05, 3.63) is 36.7 Å². The molecule has 0 atom stereocenters. The second kappa shape index (κ2) is 7.94. The number of hydrogen-bond acceptors (Lipinski definition) is 5. The number of thioether (sulfide) groups is 1. The highest BCUT2D eigenvalue weighted by molar-refractivity contribution is 7.99. The van der Waals surface area contributed by atoms with Gasteiger partial charge in [-0.05, 0) is 24.3 Å². The van der Waals surface area contributed by atoms with Gasteiger partial charge in [-0.15, -0.1) is 0 Å². The van der Waals surface area contributed by atoms with E-state index in [4.69, 9.17) is 14.6 Å². The normalized spacial score (nSPS) is 10.7. The molecule has 0 radical (unpaired) electrons. The van der Waals surface area contributed by atoms with Crippen LogP contribution in [0.1, 0.15) is 0 Å². The van der Waals surface area contributed by atoms with Crippen LogP contribution in [-0.2, 0) is 4.74 Å². The Labute approximate surface area is 122 Å². The fourth-order valence-electron chi connectivity index (χ4n) is 1.69. The Hall–Kier alpha value is -1.50. The maximum atomic E-state index is 8.63. The van der Waals surface area contributed by atoms with Gasteiger partial charge < -0.3 is 14.6 Å². The van der Waals surface area contributed by atoms with E-state index in [2.05, 4.69) is 4.98 Å². The number of methoxy groups -OCH3 is 1. The highest BCUT2D eigenvalue weighted by atomic mass is 32.2. The van der Waals surface area contributed by atoms with E-state index in [1.54, 1.807) is 25.1 Å². The first kappa shape index (κ1) is 14.9. The maximum Gasteiger partial charge on any atom is 0.172 e. The highest BCUT2D eigenvalue weighted by Crippen LogP contribution is 2.22. The van der Waals surface area contributed by atoms with Crippen molar-refractivity contribution in [1.29, 1.82) is 0 Å². The number of hydrogen-bond donors (Lipinski definition) is 1. The summed E-state index contributed by atoms with van der Waals surface area (Å²) in [4.78, 5) is 4.34. The summed E-state index contributed by atoms with van der Waals surface area (Å²) >= 11 is 1.62. The van der Waals surface area contributed by atoms with Crippen LogP contribution in [0.2, 0.25) is 0 Å². The molecule has 0 saturated heterocycles. The molecule has 0 aliphatic heterocycles. The van der Waals surface area contributed by atoms with Gasteiger partial charge in [0.2, 0.25) is 0 Å². The fraction of sp³-hybridized carbons (Fsp3) is 0.357. The van der Waals surface area contributed by atoms with Gasteiger partial charge in [0.25, 0.3) is 0 Å². The largest absolute Gasteiger partial charge is 0.497 e. The first-order chi connectivity index (χ1) is 9.85. The molecule has 0 aliphatic rings. The number of aliphatic hydroxyl groups is 1. The third-order valence-corrected chi connectivity index (χ3v) is 3.58. The Morgan fingerprint density at radius 1 is 1.25 bits per heavy atom. The third kappa shape index (κ3) is 4.00. The van der Waals surface area contributed by atoms with Gasteiger partial charge in [0, 0.05) is 23.8 Å². The van der Waals surface area contributed by atoms with Crippen molar-refractivity contribution in [3.8, 4) is 11.4 Å². The van der Waals surface area contributed by atoms with Crippen LogP contribution >= 0.6 is 11.8 Å². The Morgan fingerprint density at radius 2 is 2.05 bits per heavy atom.